The van der Waals surface area contributed by atoms with Gasteiger partial charge < -0.3 is 4.90 Å². The summed E-state index contributed by atoms with van der Waals surface area (Å²) in [4.78, 5) is 22.7. The summed E-state index contributed by atoms with van der Waals surface area (Å²) in [5.74, 6) is -0.237. The largest absolute Gasteiger partial charge is 0.434 e. The lowest BCUT2D eigenvalue weighted by atomic mass is 9.97. The maximum Gasteiger partial charge on any atom is 0.434 e. The van der Waals surface area contributed by atoms with Crippen molar-refractivity contribution in [2.45, 2.75) is 24.9 Å². The zero-order valence-electron chi connectivity index (χ0n) is 13.9. The van der Waals surface area contributed by atoms with Crippen molar-refractivity contribution in [1.29, 1.82) is 0 Å². The van der Waals surface area contributed by atoms with E-state index in [0.29, 0.717) is 46.9 Å². The number of piperidine rings is 1. The van der Waals surface area contributed by atoms with E-state index in [-0.39, 0.29) is 11.8 Å². The summed E-state index contributed by atoms with van der Waals surface area (Å²) in [6.45, 7) is 0.926. The number of fused-ring (bicyclic) bond motifs is 1. The zero-order valence-corrected chi connectivity index (χ0v) is 16.3. The van der Waals surface area contributed by atoms with Gasteiger partial charge >= 0.3 is 6.18 Å². The Hall–Kier alpha value is -1.94. The first kappa shape index (κ1) is 18.4. The number of hydrogen-bond donors (Lipinski definition) is 0. The number of rotatable bonds is 2. The van der Waals surface area contributed by atoms with Crippen LogP contribution < -0.4 is 0 Å². The van der Waals surface area contributed by atoms with Crippen molar-refractivity contribution in [3.63, 3.8) is 0 Å². The van der Waals surface area contributed by atoms with E-state index in [1.807, 2.05) is 24.4 Å². The molecule has 0 aromatic carbocycles. The van der Waals surface area contributed by atoms with Crippen LogP contribution in [0.2, 0.25) is 0 Å². The molecule has 5 nitrogen and oxygen atoms in total. The molecule has 27 heavy (non-hydrogen) atoms. The van der Waals surface area contributed by atoms with Crippen molar-refractivity contribution in [1.82, 2.24) is 19.3 Å². The third-order valence-corrected chi connectivity index (χ3v) is 6.38. The van der Waals surface area contributed by atoms with E-state index in [1.54, 1.807) is 9.30 Å². The lowest BCUT2D eigenvalue weighted by Gasteiger charge is -2.30. The lowest BCUT2D eigenvalue weighted by molar-refractivity contribution is -0.140. The zero-order chi connectivity index (χ0) is 19.2. The van der Waals surface area contributed by atoms with Gasteiger partial charge in [0.2, 0.25) is 0 Å². The third kappa shape index (κ3) is 3.47. The molecule has 3 aromatic heterocycles. The van der Waals surface area contributed by atoms with Gasteiger partial charge in [-0.25, -0.2) is 9.97 Å². The molecule has 1 amide bonds. The van der Waals surface area contributed by atoms with E-state index >= 15 is 0 Å². The fourth-order valence-corrected chi connectivity index (χ4v) is 4.74. The second-order valence-corrected chi connectivity index (χ2v) is 7.96. The highest BCUT2D eigenvalue weighted by molar-refractivity contribution is 9.10. The highest BCUT2D eigenvalue weighted by atomic mass is 79.9. The molecule has 1 saturated heterocycles. The van der Waals surface area contributed by atoms with Crippen molar-refractivity contribution in [2.75, 3.05) is 13.1 Å². The van der Waals surface area contributed by atoms with E-state index in [0.717, 1.165) is 16.7 Å². The van der Waals surface area contributed by atoms with Crippen molar-refractivity contribution in [2.24, 2.45) is 0 Å². The van der Waals surface area contributed by atoms with Crippen LogP contribution in [0, 0.1) is 0 Å². The van der Waals surface area contributed by atoms with E-state index in [4.69, 9.17) is 0 Å². The molecule has 0 N–H and O–H groups in total. The summed E-state index contributed by atoms with van der Waals surface area (Å²) in [6, 6.07) is 5.51. The molecule has 0 unspecified atom stereocenters. The smallest absolute Gasteiger partial charge is 0.337 e. The fourth-order valence-electron chi connectivity index (χ4n) is 3.19. The quantitative estimate of drug-likeness (QED) is 0.564. The predicted octanol–water partition coefficient (Wildman–Crippen LogP) is 4.59. The van der Waals surface area contributed by atoms with Gasteiger partial charge in [0.15, 0.2) is 11.4 Å². The van der Waals surface area contributed by atoms with Gasteiger partial charge in [-0.05, 0) is 40.9 Å². The first-order valence-corrected chi connectivity index (χ1v) is 9.96. The van der Waals surface area contributed by atoms with Crippen molar-refractivity contribution in [3.8, 4) is 0 Å². The van der Waals surface area contributed by atoms with Crippen LogP contribution in [0.4, 0.5) is 13.2 Å². The molecule has 0 radical (unpaired) electrons. The van der Waals surface area contributed by atoms with Gasteiger partial charge in [0.05, 0.1) is 5.01 Å². The van der Waals surface area contributed by atoms with Crippen LogP contribution in [0.25, 0.3) is 5.65 Å². The predicted molar refractivity (Wildman–Crippen MR) is 97.9 cm³/mol. The van der Waals surface area contributed by atoms with E-state index in [2.05, 4.69) is 25.9 Å². The summed E-state index contributed by atoms with van der Waals surface area (Å²) < 4.78 is 40.6. The van der Waals surface area contributed by atoms with E-state index < -0.39 is 11.9 Å². The van der Waals surface area contributed by atoms with Gasteiger partial charge in [0.1, 0.15) is 10.3 Å². The van der Waals surface area contributed by atoms with E-state index in [1.165, 1.54) is 0 Å². The topological polar surface area (TPSA) is 50.5 Å². The number of amides is 1. The number of halogens is 4. The summed E-state index contributed by atoms with van der Waals surface area (Å²) in [6.07, 6.45) is -1.43. The van der Waals surface area contributed by atoms with Crippen molar-refractivity contribution in [3.05, 3.63) is 50.8 Å². The van der Waals surface area contributed by atoms with Crippen molar-refractivity contribution >= 4 is 38.8 Å². The molecule has 10 heteroatoms. The standard InChI is InChI=1S/C17H14BrF3N4OS/c18-14-13(23-12-3-1-2-6-25(12)14)16(26)24-7-4-10(5-8-24)15-22-11(9-27-15)17(19,20)21/h1-3,6,9-10H,4-5,7-8H2. The average molecular weight is 459 g/mol. The van der Waals surface area contributed by atoms with Gasteiger partial charge in [-0.15, -0.1) is 11.3 Å². The number of carbonyl (C=O) groups excluding carboxylic acids is 1. The monoisotopic (exact) mass is 458 g/mol. The van der Waals surface area contributed by atoms with Crippen LogP contribution in [-0.2, 0) is 6.18 Å². The SMILES string of the molecule is O=C(c1nc2ccccn2c1Br)N1CCC(c2nc(C(F)(F)F)cs2)CC1. The number of aromatic nitrogens is 3. The highest BCUT2D eigenvalue weighted by Gasteiger charge is 2.35. The minimum atomic E-state index is -4.42. The second-order valence-electron chi connectivity index (χ2n) is 6.32. The van der Waals surface area contributed by atoms with Gasteiger partial charge in [-0.2, -0.15) is 13.2 Å². The number of thiazole rings is 1. The maximum absolute atomic E-state index is 12.8. The Bertz CT molecular complexity index is 992. The number of hydrogen-bond acceptors (Lipinski definition) is 4. The Morgan fingerprint density at radius 3 is 2.59 bits per heavy atom. The number of likely N-dealkylation sites (tertiary alicyclic amines) is 1. The minimum Gasteiger partial charge on any atom is -0.337 e. The molecule has 1 aliphatic rings. The molecular weight excluding hydrogens is 445 g/mol. The summed E-state index contributed by atoms with van der Waals surface area (Å²) in [7, 11) is 0. The fraction of sp³-hybridized carbons (Fsp3) is 0.353. The molecule has 3 aromatic rings. The molecule has 1 fully saturated rings. The van der Waals surface area contributed by atoms with Gasteiger partial charge in [-0.1, -0.05) is 6.07 Å². The Kier molecular flexibility index (Phi) is 4.71. The summed E-state index contributed by atoms with van der Waals surface area (Å²) in [5.41, 5.74) is 0.174. The van der Waals surface area contributed by atoms with Crippen LogP contribution in [-0.4, -0.2) is 38.3 Å². The number of alkyl halides is 3. The van der Waals surface area contributed by atoms with Gasteiger partial charge in [-0.3, -0.25) is 9.20 Å². The third-order valence-electron chi connectivity index (χ3n) is 4.62. The van der Waals surface area contributed by atoms with Crippen LogP contribution >= 0.6 is 27.3 Å². The van der Waals surface area contributed by atoms with Crippen LogP contribution in [0.5, 0.6) is 0 Å². The Balaban J connectivity index is 1.46. The average Bonchev–Trinajstić information content (AvgIpc) is 3.27. The molecule has 0 saturated carbocycles. The highest BCUT2D eigenvalue weighted by Crippen LogP contribution is 2.36. The first-order valence-electron chi connectivity index (χ1n) is 8.29. The number of pyridine rings is 1. The molecule has 0 bridgehead atoms. The minimum absolute atomic E-state index is 0.0559. The summed E-state index contributed by atoms with van der Waals surface area (Å²) >= 11 is 4.46. The maximum atomic E-state index is 12.8. The Morgan fingerprint density at radius 2 is 1.96 bits per heavy atom. The Morgan fingerprint density at radius 1 is 1.22 bits per heavy atom. The number of nitrogens with zero attached hydrogens (tertiary/aromatic N) is 4. The second kappa shape index (κ2) is 6.90. The van der Waals surface area contributed by atoms with Gasteiger partial charge in [0, 0.05) is 30.6 Å². The molecule has 4 heterocycles. The molecule has 142 valence electrons. The molecule has 1 aliphatic heterocycles. The summed E-state index contributed by atoms with van der Waals surface area (Å²) in [5, 5.41) is 1.55. The lowest BCUT2D eigenvalue weighted by Crippen LogP contribution is -2.38. The van der Waals surface area contributed by atoms with Crippen LogP contribution in [0.1, 0.15) is 39.9 Å². The Labute approximate surface area is 165 Å². The molecular formula is C17H14BrF3N4OS. The molecule has 4 rings (SSSR count). The normalized spacial score (nSPS) is 16.2. The molecule has 0 aliphatic carbocycles. The first-order chi connectivity index (χ1) is 12.8. The molecule has 0 atom stereocenters. The van der Waals surface area contributed by atoms with Crippen LogP contribution in [0.3, 0.4) is 0 Å². The number of carbonyl (C=O) groups is 1. The van der Waals surface area contributed by atoms with Gasteiger partial charge in [0.25, 0.3) is 5.91 Å². The molecule has 0 spiro atoms. The van der Waals surface area contributed by atoms with E-state index in [9.17, 15) is 18.0 Å². The number of imidazole rings is 1. The van der Waals surface area contributed by atoms with Crippen LogP contribution in [0.15, 0.2) is 34.4 Å². The van der Waals surface area contributed by atoms with Crippen molar-refractivity contribution < 1.29 is 18.0 Å².